The molecule has 0 bridgehead atoms. The second-order valence-corrected chi connectivity index (χ2v) is 5.28. The number of rotatable bonds is 5. The van der Waals surface area contributed by atoms with Crippen LogP contribution in [0.5, 0.6) is 0 Å². The molecule has 1 heterocycles. The molecule has 0 radical (unpaired) electrons. The molecule has 0 aliphatic rings. The Labute approximate surface area is 142 Å². The normalized spacial score (nSPS) is 11.1. The number of nitrogens with one attached hydrogen (secondary N) is 1. The lowest BCUT2D eigenvalue weighted by molar-refractivity contribution is -0.116. The van der Waals surface area contributed by atoms with Gasteiger partial charge in [0.25, 0.3) is 5.56 Å². The number of benzene rings is 2. The number of hydrogen-bond donors (Lipinski definition) is 1. The highest BCUT2D eigenvalue weighted by Gasteiger charge is 2.05. The Bertz CT molecular complexity index is 998. The van der Waals surface area contributed by atoms with Gasteiger partial charge in [-0.05, 0) is 24.3 Å². The molecule has 0 aliphatic heterocycles. The molecule has 6 nitrogen and oxygen atoms in total. The summed E-state index contributed by atoms with van der Waals surface area (Å²) in [6, 6.07) is 13.1. The van der Waals surface area contributed by atoms with Crippen LogP contribution in [0.2, 0.25) is 0 Å². The number of nitrogens with zero attached hydrogens (tertiary/aromatic N) is 3. The molecule has 126 valence electrons. The number of hydrogen-bond acceptors (Lipinski definition) is 4. The second-order valence-electron chi connectivity index (χ2n) is 5.28. The zero-order valence-corrected chi connectivity index (χ0v) is 13.2. The van der Waals surface area contributed by atoms with Crippen LogP contribution in [-0.4, -0.2) is 27.4 Å². The maximum Gasteiger partial charge on any atom is 0.277 e. The fraction of sp³-hybridized carbons (Fsp3) is 0.111. The van der Waals surface area contributed by atoms with Crippen LogP contribution in [0.15, 0.2) is 59.4 Å². The Kier molecular flexibility index (Phi) is 4.94. The highest BCUT2D eigenvalue weighted by Crippen LogP contribution is 2.07. The van der Waals surface area contributed by atoms with Gasteiger partial charge in [0.05, 0.1) is 11.9 Å². The maximum absolute atomic E-state index is 13.4. The summed E-state index contributed by atoms with van der Waals surface area (Å²) in [7, 11) is 0. The van der Waals surface area contributed by atoms with Gasteiger partial charge in [-0.3, -0.25) is 9.59 Å². The molecule has 0 spiro atoms. The smallest absolute Gasteiger partial charge is 0.277 e. The summed E-state index contributed by atoms with van der Waals surface area (Å²) < 4.78 is 14.6. The topological polar surface area (TPSA) is 76.9 Å². The first-order valence-electron chi connectivity index (χ1n) is 7.68. The third-order valence-corrected chi connectivity index (χ3v) is 3.57. The van der Waals surface area contributed by atoms with Crippen molar-refractivity contribution in [2.45, 2.75) is 6.54 Å². The van der Waals surface area contributed by atoms with Gasteiger partial charge in [-0.2, -0.15) is 0 Å². The third-order valence-electron chi connectivity index (χ3n) is 3.57. The summed E-state index contributed by atoms with van der Waals surface area (Å²) >= 11 is 0. The minimum absolute atomic E-state index is 0.190. The third kappa shape index (κ3) is 3.95. The molecule has 1 amide bonds. The molecule has 2 aromatic carbocycles. The van der Waals surface area contributed by atoms with Gasteiger partial charge in [-0.25, -0.2) is 9.07 Å². The average Bonchev–Trinajstić information content (AvgIpc) is 2.63. The first kappa shape index (κ1) is 16.5. The van der Waals surface area contributed by atoms with Gasteiger partial charge in [0.2, 0.25) is 5.91 Å². The van der Waals surface area contributed by atoms with E-state index in [4.69, 9.17) is 0 Å². The molecule has 0 fully saturated rings. The van der Waals surface area contributed by atoms with Crippen molar-refractivity contribution in [1.29, 1.82) is 0 Å². The van der Waals surface area contributed by atoms with Crippen LogP contribution in [0.4, 0.5) is 4.39 Å². The summed E-state index contributed by atoms with van der Waals surface area (Å²) in [5, 5.41) is 10.9. The summed E-state index contributed by atoms with van der Waals surface area (Å²) in [6.45, 7) is 0.392. The molecule has 0 saturated heterocycles. The van der Waals surface area contributed by atoms with Crippen LogP contribution in [-0.2, 0) is 11.3 Å². The highest BCUT2D eigenvalue weighted by atomic mass is 19.1. The SMILES string of the molecule is O=C(/C=C/c1ccccc1F)NCCn1nnc2ccccc2c1=O. The minimum atomic E-state index is -0.399. The van der Waals surface area contributed by atoms with Crippen LogP contribution in [0.1, 0.15) is 5.56 Å². The van der Waals surface area contributed by atoms with E-state index in [1.165, 1.54) is 22.9 Å². The van der Waals surface area contributed by atoms with E-state index in [-0.39, 0.29) is 24.6 Å². The zero-order chi connectivity index (χ0) is 17.6. The van der Waals surface area contributed by atoms with Gasteiger partial charge in [-0.1, -0.05) is 35.5 Å². The van der Waals surface area contributed by atoms with Crippen molar-refractivity contribution in [1.82, 2.24) is 20.3 Å². The Hall–Kier alpha value is -3.35. The summed E-state index contributed by atoms with van der Waals surface area (Å²) in [4.78, 5) is 24.0. The molecule has 3 rings (SSSR count). The van der Waals surface area contributed by atoms with E-state index in [9.17, 15) is 14.0 Å². The summed E-state index contributed by atoms with van der Waals surface area (Å²) in [5.41, 5.74) is 0.594. The fourth-order valence-corrected chi connectivity index (χ4v) is 2.29. The number of carbonyl (C=O) groups is 1. The standard InChI is InChI=1S/C18H15FN4O2/c19-15-7-3-1-5-13(15)9-10-17(24)20-11-12-23-18(25)14-6-2-4-8-16(14)21-22-23/h1-10H,11-12H2,(H,20,24)/b10-9+. The van der Waals surface area contributed by atoms with Crippen LogP contribution >= 0.6 is 0 Å². The van der Waals surface area contributed by atoms with Crippen molar-refractivity contribution in [3.63, 3.8) is 0 Å². The van der Waals surface area contributed by atoms with E-state index in [2.05, 4.69) is 15.6 Å². The number of halogens is 1. The highest BCUT2D eigenvalue weighted by molar-refractivity contribution is 5.91. The van der Waals surface area contributed by atoms with Crippen molar-refractivity contribution in [3.8, 4) is 0 Å². The van der Waals surface area contributed by atoms with Gasteiger partial charge < -0.3 is 5.32 Å². The molecule has 1 N–H and O–H groups in total. The number of fused-ring (bicyclic) bond motifs is 1. The lowest BCUT2D eigenvalue weighted by atomic mass is 10.2. The molecule has 25 heavy (non-hydrogen) atoms. The van der Waals surface area contributed by atoms with Gasteiger partial charge in [0.1, 0.15) is 11.3 Å². The predicted molar refractivity (Wildman–Crippen MR) is 92.2 cm³/mol. The molecule has 0 atom stereocenters. The Balaban J connectivity index is 1.60. The predicted octanol–water partition coefficient (Wildman–Crippen LogP) is 1.76. The van der Waals surface area contributed by atoms with E-state index in [1.807, 2.05) is 0 Å². The van der Waals surface area contributed by atoms with Crippen LogP contribution in [0.3, 0.4) is 0 Å². The minimum Gasteiger partial charge on any atom is -0.351 e. The van der Waals surface area contributed by atoms with Gasteiger partial charge in [-0.15, -0.1) is 5.10 Å². The van der Waals surface area contributed by atoms with E-state index in [0.717, 1.165) is 0 Å². The van der Waals surface area contributed by atoms with Gasteiger partial charge in [0, 0.05) is 18.2 Å². The van der Waals surface area contributed by atoms with E-state index in [0.29, 0.717) is 16.5 Å². The Morgan fingerprint density at radius 2 is 1.92 bits per heavy atom. The number of aromatic nitrogens is 3. The van der Waals surface area contributed by atoms with Crippen LogP contribution in [0, 0.1) is 5.82 Å². The second kappa shape index (κ2) is 7.48. The fourth-order valence-electron chi connectivity index (χ4n) is 2.29. The van der Waals surface area contributed by atoms with Crippen molar-refractivity contribution >= 4 is 22.9 Å². The van der Waals surface area contributed by atoms with Crippen LogP contribution < -0.4 is 10.9 Å². The first-order chi connectivity index (χ1) is 12.1. The maximum atomic E-state index is 13.4. The Morgan fingerprint density at radius 3 is 2.76 bits per heavy atom. The lowest BCUT2D eigenvalue weighted by Gasteiger charge is -2.05. The molecular weight excluding hydrogens is 323 g/mol. The summed E-state index contributed by atoms with van der Waals surface area (Å²) in [6.07, 6.45) is 2.64. The average molecular weight is 338 g/mol. The molecule has 0 saturated carbocycles. The van der Waals surface area contributed by atoms with Crippen molar-refractivity contribution in [2.24, 2.45) is 0 Å². The lowest BCUT2D eigenvalue weighted by Crippen LogP contribution is -2.31. The molecule has 3 aromatic rings. The monoisotopic (exact) mass is 338 g/mol. The van der Waals surface area contributed by atoms with E-state index < -0.39 is 5.82 Å². The van der Waals surface area contributed by atoms with E-state index in [1.54, 1.807) is 42.5 Å². The van der Waals surface area contributed by atoms with Gasteiger partial charge in [0.15, 0.2) is 0 Å². The van der Waals surface area contributed by atoms with Crippen LogP contribution in [0.25, 0.3) is 17.0 Å². The summed E-state index contributed by atoms with van der Waals surface area (Å²) in [5.74, 6) is -0.783. The molecule has 1 aromatic heterocycles. The first-order valence-corrected chi connectivity index (χ1v) is 7.68. The van der Waals surface area contributed by atoms with Crippen molar-refractivity contribution in [3.05, 3.63) is 76.3 Å². The van der Waals surface area contributed by atoms with Crippen molar-refractivity contribution in [2.75, 3.05) is 6.54 Å². The zero-order valence-electron chi connectivity index (χ0n) is 13.2. The molecule has 7 heteroatoms. The van der Waals surface area contributed by atoms with E-state index >= 15 is 0 Å². The number of amides is 1. The Morgan fingerprint density at radius 1 is 1.16 bits per heavy atom. The molecular formula is C18H15FN4O2. The molecule has 0 unspecified atom stereocenters. The number of carbonyl (C=O) groups excluding carboxylic acids is 1. The quantitative estimate of drug-likeness (QED) is 0.719. The molecule has 0 aliphatic carbocycles. The largest absolute Gasteiger partial charge is 0.351 e. The van der Waals surface area contributed by atoms with Gasteiger partial charge >= 0.3 is 0 Å². The van der Waals surface area contributed by atoms with Crippen molar-refractivity contribution < 1.29 is 9.18 Å².